The van der Waals surface area contributed by atoms with Crippen molar-refractivity contribution in [3.05, 3.63) is 23.8 Å². The van der Waals surface area contributed by atoms with Crippen LogP contribution in [-0.2, 0) is 9.53 Å². The van der Waals surface area contributed by atoms with Crippen molar-refractivity contribution < 1.29 is 9.53 Å². The van der Waals surface area contributed by atoms with Gasteiger partial charge in [-0.15, -0.1) is 0 Å². The van der Waals surface area contributed by atoms with E-state index in [9.17, 15) is 4.79 Å². The van der Waals surface area contributed by atoms with Crippen molar-refractivity contribution in [3.8, 4) is 0 Å². The number of fused-ring (bicyclic) bond motifs is 1. The van der Waals surface area contributed by atoms with Crippen LogP contribution in [0.2, 0.25) is 0 Å². The zero-order chi connectivity index (χ0) is 14.0. The second kappa shape index (κ2) is 5.52. The lowest BCUT2D eigenvalue weighted by Gasteiger charge is -2.47. The van der Waals surface area contributed by atoms with Crippen LogP contribution < -0.4 is 0 Å². The molecule has 3 atom stereocenters. The molecule has 2 rings (SSSR count). The smallest absolute Gasteiger partial charge is 0.302 e. The standard InChI is InChI=1S/C17H26O2/c1-12(11-19-14(3)18)15-8-9-16-7-5-6-13(2)17(16,4)10-15/h7,13,15H,1,5-6,8-11H2,2-4H3. The molecule has 0 spiro atoms. The van der Waals surface area contributed by atoms with Crippen molar-refractivity contribution in [2.24, 2.45) is 17.3 Å². The van der Waals surface area contributed by atoms with Crippen LogP contribution in [0.3, 0.4) is 0 Å². The van der Waals surface area contributed by atoms with Crippen LogP contribution in [0.4, 0.5) is 0 Å². The van der Waals surface area contributed by atoms with E-state index in [0.29, 0.717) is 17.9 Å². The molecule has 3 unspecified atom stereocenters. The fourth-order valence-electron chi connectivity index (χ4n) is 3.70. The monoisotopic (exact) mass is 262 g/mol. The maximum Gasteiger partial charge on any atom is 0.302 e. The number of carbonyl (C=O) groups excluding carboxylic acids is 1. The Morgan fingerprint density at radius 2 is 2.26 bits per heavy atom. The second-order valence-corrected chi connectivity index (χ2v) is 6.50. The third kappa shape index (κ3) is 2.93. The summed E-state index contributed by atoms with van der Waals surface area (Å²) in [7, 11) is 0. The number of allylic oxidation sites excluding steroid dienone is 2. The lowest BCUT2D eigenvalue weighted by Crippen LogP contribution is -2.37. The van der Waals surface area contributed by atoms with E-state index in [1.807, 2.05) is 0 Å². The predicted octanol–water partition coefficient (Wildman–Crippen LogP) is 4.27. The number of hydrogen-bond donors (Lipinski definition) is 0. The summed E-state index contributed by atoms with van der Waals surface area (Å²) in [5.41, 5.74) is 3.08. The minimum atomic E-state index is -0.213. The van der Waals surface area contributed by atoms with Crippen LogP contribution in [0, 0.1) is 17.3 Å². The van der Waals surface area contributed by atoms with E-state index >= 15 is 0 Å². The zero-order valence-electron chi connectivity index (χ0n) is 12.5. The first-order valence-corrected chi connectivity index (χ1v) is 7.44. The minimum Gasteiger partial charge on any atom is -0.461 e. The highest BCUT2D eigenvalue weighted by Gasteiger charge is 2.42. The zero-order valence-corrected chi connectivity index (χ0v) is 12.5. The Balaban J connectivity index is 2.03. The SMILES string of the molecule is C=C(COC(C)=O)C1CCC2=CCCC(C)C2(C)C1. The maximum atomic E-state index is 10.9. The van der Waals surface area contributed by atoms with Crippen LogP contribution >= 0.6 is 0 Å². The van der Waals surface area contributed by atoms with E-state index in [2.05, 4.69) is 26.5 Å². The van der Waals surface area contributed by atoms with Crippen molar-refractivity contribution in [2.45, 2.75) is 52.9 Å². The van der Waals surface area contributed by atoms with E-state index < -0.39 is 0 Å². The summed E-state index contributed by atoms with van der Waals surface area (Å²) in [6.45, 7) is 10.8. The van der Waals surface area contributed by atoms with Gasteiger partial charge in [0.1, 0.15) is 6.61 Å². The largest absolute Gasteiger partial charge is 0.461 e. The van der Waals surface area contributed by atoms with Gasteiger partial charge in [0.25, 0.3) is 0 Å². The Bertz CT molecular complexity index is 407. The first-order valence-electron chi connectivity index (χ1n) is 7.44. The van der Waals surface area contributed by atoms with Crippen molar-refractivity contribution in [1.82, 2.24) is 0 Å². The maximum absolute atomic E-state index is 10.9. The molecule has 0 aromatic rings. The topological polar surface area (TPSA) is 26.3 Å². The van der Waals surface area contributed by atoms with Crippen molar-refractivity contribution in [2.75, 3.05) is 6.61 Å². The Morgan fingerprint density at radius 1 is 1.53 bits per heavy atom. The Kier molecular flexibility index (Phi) is 4.17. The molecule has 0 aromatic heterocycles. The average molecular weight is 262 g/mol. The molecule has 0 saturated heterocycles. The molecule has 1 saturated carbocycles. The molecule has 0 aliphatic heterocycles. The molecular weight excluding hydrogens is 236 g/mol. The van der Waals surface area contributed by atoms with Gasteiger partial charge < -0.3 is 4.74 Å². The summed E-state index contributed by atoms with van der Waals surface area (Å²) in [5.74, 6) is 1.04. The van der Waals surface area contributed by atoms with Gasteiger partial charge in [-0.05, 0) is 54.9 Å². The fraction of sp³-hybridized carbons (Fsp3) is 0.706. The normalized spacial score (nSPS) is 34.2. The van der Waals surface area contributed by atoms with Crippen LogP contribution in [0.25, 0.3) is 0 Å². The average Bonchev–Trinajstić information content (AvgIpc) is 2.36. The van der Waals surface area contributed by atoms with E-state index in [4.69, 9.17) is 4.74 Å². The number of carbonyl (C=O) groups is 1. The highest BCUT2D eigenvalue weighted by atomic mass is 16.5. The molecule has 19 heavy (non-hydrogen) atoms. The minimum absolute atomic E-state index is 0.213. The van der Waals surface area contributed by atoms with Gasteiger partial charge in [-0.2, -0.15) is 0 Å². The quantitative estimate of drug-likeness (QED) is 0.561. The fourth-order valence-corrected chi connectivity index (χ4v) is 3.70. The second-order valence-electron chi connectivity index (χ2n) is 6.50. The van der Waals surface area contributed by atoms with Crippen LogP contribution in [0.5, 0.6) is 0 Å². The molecule has 2 aliphatic carbocycles. The lowest BCUT2D eigenvalue weighted by atomic mass is 9.58. The number of rotatable bonds is 3. The van der Waals surface area contributed by atoms with E-state index in [-0.39, 0.29) is 5.97 Å². The van der Waals surface area contributed by atoms with E-state index in [1.54, 1.807) is 5.57 Å². The molecule has 0 aromatic carbocycles. The van der Waals surface area contributed by atoms with Gasteiger partial charge in [-0.1, -0.05) is 32.1 Å². The summed E-state index contributed by atoms with van der Waals surface area (Å²) < 4.78 is 5.10. The summed E-state index contributed by atoms with van der Waals surface area (Å²) in [4.78, 5) is 10.9. The Morgan fingerprint density at radius 3 is 2.95 bits per heavy atom. The first kappa shape index (κ1) is 14.4. The number of ether oxygens (including phenoxy) is 1. The summed E-state index contributed by atoms with van der Waals surface area (Å²) in [6.07, 6.45) is 8.51. The van der Waals surface area contributed by atoms with Crippen molar-refractivity contribution in [1.29, 1.82) is 0 Å². The Labute approximate surface area is 116 Å². The highest BCUT2D eigenvalue weighted by Crippen LogP contribution is 2.53. The summed E-state index contributed by atoms with van der Waals surface area (Å²) in [5, 5.41) is 0. The van der Waals surface area contributed by atoms with Crippen molar-refractivity contribution >= 4 is 5.97 Å². The molecule has 1 fully saturated rings. The third-order valence-corrected chi connectivity index (χ3v) is 5.28. The molecule has 0 amide bonds. The molecule has 2 aliphatic rings. The molecule has 2 heteroatoms. The first-order chi connectivity index (χ1) is 8.93. The van der Waals surface area contributed by atoms with Crippen LogP contribution in [0.1, 0.15) is 52.9 Å². The number of esters is 1. The molecule has 2 nitrogen and oxygen atoms in total. The van der Waals surface area contributed by atoms with Gasteiger partial charge in [-0.25, -0.2) is 0 Å². The Hall–Kier alpha value is -1.05. The predicted molar refractivity (Wildman–Crippen MR) is 77.7 cm³/mol. The van der Waals surface area contributed by atoms with E-state index in [0.717, 1.165) is 17.9 Å². The molecule has 106 valence electrons. The number of hydrogen-bond acceptors (Lipinski definition) is 2. The summed E-state index contributed by atoms with van der Waals surface area (Å²) in [6, 6.07) is 0. The van der Waals surface area contributed by atoms with Gasteiger partial charge in [0.2, 0.25) is 0 Å². The molecule has 0 heterocycles. The lowest BCUT2D eigenvalue weighted by molar-refractivity contribution is -0.140. The third-order valence-electron chi connectivity index (χ3n) is 5.28. The molecule has 0 N–H and O–H groups in total. The van der Waals surface area contributed by atoms with Crippen LogP contribution in [-0.4, -0.2) is 12.6 Å². The summed E-state index contributed by atoms with van der Waals surface area (Å²) >= 11 is 0. The molecular formula is C17H26O2. The van der Waals surface area contributed by atoms with Gasteiger partial charge in [-0.3, -0.25) is 4.79 Å². The van der Waals surface area contributed by atoms with Gasteiger partial charge in [0, 0.05) is 6.92 Å². The van der Waals surface area contributed by atoms with Crippen LogP contribution in [0.15, 0.2) is 23.8 Å². The molecule has 0 radical (unpaired) electrons. The van der Waals surface area contributed by atoms with Gasteiger partial charge in [0.15, 0.2) is 0 Å². The van der Waals surface area contributed by atoms with Gasteiger partial charge in [0.05, 0.1) is 0 Å². The van der Waals surface area contributed by atoms with Crippen molar-refractivity contribution in [3.63, 3.8) is 0 Å². The highest BCUT2D eigenvalue weighted by molar-refractivity contribution is 5.66. The van der Waals surface area contributed by atoms with Gasteiger partial charge >= 0.3 is 5.97 Å². The van der Waals surface area contributed by atoms with E-state index in [1.165, 1.54) is 32.6 Å². The molecule has 0 bridgehead atoms.